The van der Waals surface area contributed by atoms with E-state index in [0.29, 0.717) is 6.54 Å². The molecule has 1 heterocycles. The molecular weight excluding hydrogens is 326 g/mol. The molecule has 1 N–H and O–H groups in total. The van der Waals surface area contributed by atoms with Crippen LogP contribution in [0.5, 0.6) is 0 Å². The van der Waals surface area contributed by atoms with Gasteiger partial charge in [0.05, 0.1) is 6.54 Å². The van der Waals surface area contributed by atoms with Crippen molar-refractivity contribution in [3.63, 3.8) is 0 Å². The van der Waals surface area contributed by atoms with Gasteiger partial charge in [-0.3, -0.25) is 14.5 Å². The van der Waals surface area contributed by atoms with Gasteiger partial charge in [0.1, 0.15) is 5.54 Å². The Morgan fingerprint density at radius 3 is 2.15 bits per heavy atom. The highest BCUT2D eigenvalue weighted by atomic mass is 16.2. The number of anilines is 1. The molecule has 26 heavy (non-hydrogen) atoms. The smallest absolute Gasteiger partial charge is 0.235 e. The van der Waals surface area contributed by atoms with Gasteiger partial charge in [-0.2, -0.15) is 0 Å². The Labute approximate surface area is 156 Å². The van der Waals surface area contributed by atoms with Crippen LogP contribution in [0.25, 0.3) is 0 Å². The predicted octanol–water partition coefficient (Wildman–Crippen LogP) is 2.32. The normalized spacial score (nSPS) is 15.4. The molecule has 1 aliphatic rings. The minimum atomic E-state index is -0.530. The highest BCUT2D eigenvalue weighted by molar-refractivity contribution is 5.94. The summed E-state index contributed by atoms with van der Waals surface area (Å²) in [5, 5.41) is 3.02. The molecule has 0 aliphatic carbocycles. The lowest BCUT2D eigenvalue weighted by Crippen LogP contribution is -2.53. The Morgan fingerprint density at radius 1 is 1.12 bits per heavy atom. The van der Waals surface area contributed by atoms with Gasteiger partial charge >= 0.3 is 0 Å². The second kappa shape index (κ2) is 8.86. The monoisotopic (exact) mass is 355 g/mol. The van der Waals surface area contributed by atoms with Crippen molar-refractivity contribution in [3.8, 4) is 12.3 Å². The summed E-state index contributed by atoms with van der Waals surface area (Å²) in [6.07, 6.45) is 7.08. The number of carbonyl (C=O) groups is 2. The third-order valence-electron chi connectivity index (χ3n) is 5.24. The molecule has 1 amide bonds. The summed E-state index contributed by atoms with van der Waals surface area (Å²) >= 11 is 0. The van der Waals surface area contributed by atoms with Crippen LogP contribution >= 0.6 is 0 Å². The quantitative estimate of drug-likeness (QED) is 0.602. The number of hydrogen-bond donors (Lipinski definition) is 1. The molecule has 140 valence electrons. The molecule has 0 unspecified atom stereocenters. The summed E-state index contributed by atoms with van der Waals surface area (Å²) in [4.78, 5) is 28.2. The zero-order chi connectivity index (χ0) is 19.2. The molecule has 5 heteroatoms. The van der Waals surface area contributed by atoms with Gasteiger partial charge in [-0.05, 0) is 44.0 Å². The Balaban J connectivity index is 1.85. The zero-order valence-electron chi connectivity index (χ0n) is 16.0. The summed E-state index contributed by atoms with van der Waals surface area (Å²) in [6, 6.07) is 7.71. The third-order valence-corrected chi connectivity index (χ3v) is 5.24. The fraction of sp³-hybridized carbons (Fsp3) is 0.524. The Kier molecular flexibility index (Phi) is 6.82. The van der Waals surface area contributed by atoms with Gasteiger partial charge in [0.25, 0.3) is 0 Å². The molecule has 5 nitrogen and oxygen atoms in total. The van der Waals surface area contributed by atoms with Crippen molar-refractivity contribution in [2.75, 3.05) is 37.6 Å². The maximum Gasteiger partial charge on any atom is 0.235 e. The van der Waals surface area contributed by atoms with E-state index >= 15 is 0 Å². The van der Waals surface area contributed by atoms with E-state index in [-0.39, 0.29) is 11.7 Å². The van der Waals surface area contributed by atoms with E-state index in [4.69, 9.17) is 6.42 Å². The van der Waals surface area contributed by atoms with Crippen molar-refractivity contribution in [2.24, 2.45) is 0 Å². The van der Waals surface area contributed by atoms with Crippen molar-refractivity contribution < 1.29 is 9.59 Å². The van der Waals surface area contributed by atoms with Crippen LogP contribution in [0.4, 0.5) is 5.69 Å². The van der Waals surface area contributed by atoms with Crippen LogP contribution in [0.1, 0.15) is 44.0 Å². The average Bonchev–Trinajstić information content (AvgIpc) is 2.67. The SMILES string of the molecule is C#CC(CC)(CC)NC(=O)CN1CCN(c2ccc(C(C)=O)cc2)CC1. The molecular formula is C21H29N3O2. The third kappa shape index (κ3) is 4.86. The van der Waals surface area contributed by atoms with Crippen LogP contribution in [-0.4, -0.2) is 54.9 Å². The topological polar surface area (TPSA) is 52.7 Å². The molecule has 0 aromatic heterocycles. The van der Waals surface area contributed by atoms with Gasteiger partial charge in [-0.15, -0.1) is 6.42 Å². The average molecular weight is 355 g/mol. The van der Waals surface area contributed by atoms with Gasteiger partial charge in [0.15, 0.2) is 5.78 Å². The number of terminal acetylenes is 1. The van der Waals surface area contributed by atoms with E-state index in [0.717, 1.165) is 50.3 Å². The summed E-state index contributed by atoms with van der Waals surface area (Å²) in [6.45, 7) is 9.31. The molecule has 1 aromatic rings. The standard InChI is InChI=1S/C21H29N3O2/c1-5-21(6-2,7-3)22-20(26)16-23-12-14-24(15-13-23)19-10-8-18(9-11-19)17(4)25/h1,8-11H,6-7,12-16H2,2-4H3,(H,22,26). The first-order valence-electron chi connectivity index (χ1n) is 9.30. The first-order chi connectivity index (χ1) is 12.4. The molecule has 1 aromatic carbocycles. The largest absolute Gasteiger partial charge is 0.369 e. The van der Waals surface area contributed by atoms with Crippen LogP contribution in [0.15, 0.2) is 24.3 Å². The minimum Gasteiger partial charge on any atom is -0.369 e. The lowest BCUT2D eigenvalue weighted by atomic mass is 9.94. The number of benzene rings is 1. The summed E-state index contributed by atoms with van der Waals surface area (Å²) < 4.78 is 0. The molecule has 2 rings (SSSR count). The lowest BCUT2D eigenvalue weighted by Gasteiger charge is -2.36. The van der Waals surface area contributed by atoms with Crippen molar-refractivity contribution >= 4 is 17.4 Å². The number of carbonyl (C=O) groups excluding carboxylic acids is 2. The second-order valence-corrected chi connectivity index (χ2v) is 6.85. The fourth-order valence-electron chi connectivity index (χ4n) is 3.25. The highest BCUT2D eigenvalue weighted by Gasteiger charge is 2.27. The molecule has 1 fully saturated rings. The number of nitrogens with zero attached hydrogens (tertiary/aromatic N) is 2. The number of ketones is 1. The molecule has 0 bridgehead atoms. The molecule has 0 saturated carbocycles. The molecule has 1 saturated heterocycles. The van der Waals surface area contributed by atoms with E-state index in [9.17, 15) is 9.59 Å². The first-order valence-corrected chi connectivity index (χ1v) is 9.30. The maximum absolute atomic E-state index is 12.4. The maximum atomic E-state index is 12.4. The molecule has 0 atom stereocenters. The summed E-state index contributed by atoms with van der Waals surface area (Å²) in [7, 11) is 0. The number of hydrogen-bond acceptors (Lipinski definition) is 4. The van der Waals surface area contributed by atoms with Crippen LogP contribution in [0.2, 0.25) is 0 Å². The van der Waals surface area contributed by atoms with Crippen LogP contribution in [0.3, 0.4) is 0 Å². The van der Waals surface area contributed by atoms with Crippen molar-refractivity contribution in [3.05, 3.63) is 29.8 Å². The van der Waals surface area contributed by atoms with E-state index in [2.05, 4.69) is 21.0 Å². The fourth-order valence-corrected chi connectivity index (χ4v) is 3.25. The van der Waals surface area contributed by atoms with Gasteiger partial charge in [0.2, 0.25) is 5.91 Å². The highest BCUT2D eigenvalue weighted by Crippen LogP contribution is 2.18. The van der Waals surface area contributed by atoms with E-state index in [1.807, 2.05) is 38.1 Å². The molecule has 1 aliphatic heterocycles. The Morgan fingerprint density at radius 2 is 1.69 bits per heavy atom. The van der Waals surface area contributed by atoms with Gasteiger partial charge in [-0.1, -0.05) is 19.8 Å². The number of nitrogens with one attached hydrogen (secondary N) is 1. The molecule has 0 spiro atoms. The number of Topliss-reactive ketones (excluding diaryl/α,β-unsaturated/α-hetero) is 1. The minimum absolute atomic E-state index is 0.00842. The van der Waals surface area contributed by atoms with Gasteiger partial charge < -0.3 is 10.2 Å². The summed E-state index contributed by atoms with van der Waals surface area (Å²) in [5.74, 6) is 2.81. The number of amides is 1. The Hall–Kier alpha value is -2.32. The number of piperazine rings is 1. The molecule has 0 radical (unpaired) electrons. The lowest BCUT2D eigenvalue weighted by molar-refractivity contribution is -0.123. The predicted molar refractivity (Wildman–Crippen MR) is 105 cm³/mol. The van der Waals surface area contributed by atoms with Gasteiger partial charge in [-0.25, -0.2) is 0 Å². The van der Waals surface area contributed by atoms with E-state index < -0.39 is 5.54 Å². The first kappa shape index (κ1) is 20.0. The van der Waals surface area contributed by atoms with Crippen LogP contribution in [-0.2, 0) is 4.79 Å². The van der Waals surface area contributed by atoms with E-state index in [1.54, 1.807) is 6.92 Å². The van der Waals surface area contributed by atoms with Crippen molar-refractivity contribution in [2.45, 2.75) is 39.2 Å². The van der Waals surface area contributed by atoms with Gasteiger partial charge in [0, 0.05) is 37.4 Å². The van der Waals surface area contributed by atoms with Crippen LogP contribution < -0.4 is 10.2 Å². The van der Waals surface area contributed by atoms with Crippen molar-refractivity contribution in [1.29, 1.82) is 0 Å². The second-order valence-electron chi connectivity index (χ2n) is 6.85. The van der Waals surface area contributed by atoms with E-state index in [1.165, 1.54) is 0 Å². The van der Waals surface area contributed by atoms with Crippen molar-refractivity contribution in [1.82, 2.24) is 10.2 Å². The number of rotatable bonds is 7. The zero-order valence-corrected chi connectivity index (χ0v) is 16.0. The summed E-state index contributed by atoms with van der Waals surface area (Å²) in [5.41, 5.74) is 1.31. The van der Waals surface area contributed by atoms with Crippen LogP contribution in [0, 0.1) is 12.3 Å². The Bertz CT molecular complexity index is 663.